The molecule has 1 rings (SSSR count). The minimum atomic E-state index is 0.213. The summed E-state index contributed by atoms with van der Waals surface area (Å²) >= 11 is 1.60. The summed E-state index contributed by atoms with van der Waals surface area (Å²) in [5.41, 5.74) is 1.10. The van der Waals surface area contributed by atoms with Crippen molar-refractivity contribution in [3.63, 3.8) is 0 Å². The molecule has 1 unspecified atom stereocenters. The zero-order chi connectivity index (χ0) is 12.7. The first kappa shape index (κ1) is 14.4. The highest BCUT2D eigenvalue weighted by Crippen LogP contribution is 2.20. The van der Waals surface area contributed by atoms with Gasteiger partial charge in [0, 0.05) is 42.4 Å². The summed E-state index contributed by atoms with van der Waals surface area (Å²) in [5, 5.41) is 13.3. The van der Waals surface area contributed by atoms with Crippen LogP contribution in [0.5, 0.6) is 0 Å². The molecule has 0 fully saturated rings. The third-order valence-corrected chi connectivity index (χ3v) is 3.30. The maximum Gasteiger partial charge on any atom is 0.187 e. The number of aliphatic hydroxyl groups is 1. The van der Waals surface area contributed by atoms with Gasteiger partial charge in [-0.25, -0.2) is 9.97 Å². The van der Waals surface area contributed by atoms with Crippen LogP contribution < -0.4 is 5.32 Å². The molecule has 0 aromatic carbocycles. The first-order chi connectivity index (χ1) is 8.11. The van der Waals surface area contributed by atoms with Crippen molar-refractivity contribution in [2.45, 2.75) is 50.2 Å². The van der Waals surface area contributed by atoms with Gasteiger partial charge in [-0.3, -0.25) is 0 Å². The molecule has 0 aliphatic rings. The Labute approximate surface area is 107 Å². The zero-order valence-electron chi connectivity index (χ0n) is 10.7. The molecule has 0 aliphatic carbocycles. The lowest BCUT2D eigenvalue weighted by atomic mass is 10.3. The van der Waals surface area contributed by atoms with Crippen LogP contribution >= 0.6 is 11.8 Å². The second-order valence-electron chi connectivity index (χ2n) is 4.35. The Morgan fingerprint density at radius 1 is 1.29 bits per heavy atom. The van der Waals surface area contributed by atoms with Crippen LogP contribution in [-0.2, 0) is 6.54 Å². The fraction of sp³-hybridized carbons (Fsp3) is 0.667. The topological polar surface area (TPSA) is 58.0 Å². The highest BCUT2D eigenvalue weighted by molar-refractivity contribution is 7.99. The van der Waals surface area contributed by atoms with Gasteiger partial charge in [0.1, 0.15) is 0 Å². The molecule has 0 saturated carbocycles. The van der Waals surface area contributed by atoms with Crippen molar-refractivity contribution in [2.24, 2.45) is 0 Å². The zero-order valence-corrected chi connectivity index (χ0v) is 11.5. The van der Waals surface area contributed by atoms with Gasteiger partial charge in [-0.05, 0) is 6.42 Å². The molecule has 5 heteroatoms. The maximum atomic E-state index is 8.82. The fourth-order valence-corrected chi connectivity index (χ4v) is 2.05. The fourth-order valence-electron chi connectivity index (χ4n) is 1.24. The summed E-state index contributed by atoms with van der Waals surface area (Å²) in [7, 11) is 0. The monoisotopic (exact) mass is 255 g/mol. The standard InChI is InChI=1S/C12H21N3OS/c1-9(2)13-6-11-7-14-12(15-8-11)17-10(3)4-5-16/h7-10,13,16H,4-6H2,1-3H3. The van der Waals surface area contributed by atoms with Crippen molar-refractivity contribution < 1.29 is 5.11 Å². The number of nitrogens with zero attached hydrogens (tertiary/aromatic N) is 2. The van der Waals surface area contributed by atoms with Crippen molar-refractivity contribution in [3.8, 4) is 0 Å². The Morgan fingerprint density at radius 3 is 2.47 bits per heavy atom. The van der Waals surface area contributed by atoms with E-state index < -0.39 is 0 Å². The van der Waals surface area contributed by atoms with Crippen molar-refractivity contribution in [1.29, 1.82) is 0 Å². The van der Waals surface area contributed by atoms with Crippen LogP contribution in [0.4, 0.5) is 0 Å². The molecule has 0 aliphatic heterocycles. The second kappa shape index (κ2) is 7.63. The largest absolute Gasteiger partial charge is 0.396 e. The van der Waals surface area contributed by atoms with Gasteiger partial charge in [-0.15, -0.1) is 0 Å². The van der Waals surface area contributed by atoms with Crippen LogP contribution in [0.25, 0.3) is 0 Å². The Kier molecular flexibility index (Phi) is 6.47. The maximum absolute atomic E-state index is 8.82. The molecule has 0 saturated heterocycles. The molecule has 0 bridgehead atoms. The Balaban J connectivity index is 2.44. The van der Waals surface area contributed by atoms with E-state index in [1.165, 1.54) is 0 Å². The molecule has 17 heavy (non-hydrogen) atoms. The molecule has 1 atom stereocenters. The molecular weight excluding hydrogens is 234 g/mol. The number of nitrogens with one attached hydrogen (secondary N) is 1. The molecule has 1 aromatic rings. The minimum Gasteiger partial charge on any atom is -0.396 e. The first-order valence-corrected chi connectivity index (χ1v) is 6.81. The molecule has 2 N–H and O–H groups in total. The lowest BCUT2D eigenvalue weighted by molar-refractivity contribution is 0.289. The highest BCUT2D eigenvalue weighted by Gasteiger charge is 2.06. The van der Waals surface area contributed by atoms with Gasteiger partial charge in [-0.2, -0.15) is 0 Å². The number of aromatic nitrogens is 2. The number of aliphatic hydroxyl groups excluding tert-OH is 1. The van der Waals surface area contributed by atoms with E-state index >= 15 is 0 Å². The van der Waals surface area contributed by atoms with Gasteiger partial charge in [0.15, 0.2) is 5.16 Å². The summed E-state index contributed by atoms with van der Waals surface area (Å²) in [4.78, 5) is 8.62. The minimum absolute atomic E-state index is 0.213. The number of hydrogen-bond donors (Lipinski definition) is 2. The van der Waals surface area contributed by atoms with E-state index in [1.807, 2.05) is 12.4 Å². The predicted octanol–water partition coefficient (Wildman–Crippen LogP) is 1.84. The molecule has 0 amide bonds. The van der Waals surface area contributed by atoms with Gasteiger partial charge in [0.05, 0.1) is 0 Å². The average Bonchev–Trinajstić information content (AvgIpc) is 2.28. The van der Waals surface area contributed by atoms with Gasteiger partial charge in [0.25, 0.3) is 0 Å². The third-order valence-electron chi connectivity index (χ3n) is 2.24. The summed E-state index contributed by atoms with van der Waals surface area (Å²) in [5.74, 6) is 0. The van der Waals surface area contributed by atoms with Crippen molar-refractivity contribution >= 4 is 11.8 Å². The lowest BCUT2D eigenvalue weighted by Gasteiger charge is -2.09. The normalized spacial score (nSPS) is 13.0. The van der Waals surface area contributed by atoms with Crippen LogP contribution in [0.15, 0.2) is 17.6 Å². The predicted molar refractivity (Wildman–Crippen MR) is 71.0 cm³/mol. The average molecular weight is 255 g/mol. The number of thioether (sulfide) groups is 1. The first-order valence-electron chi connectivity index (χ1n) is 5.93. The van der Waals surface area contributed by atoms with Gasteiger partial charge < -0.3 is 10.4 Å². The summed E-state index contributed by atoms with van der Waals surface area (Å²) in [6.45, 7) is 7.31. The van der Waals surface area contributed by atoms with Crippen LogP contribution in [0.2, 0.25) is 0 Å². The quantitative estimate of drug-likeness (QED) is 0.575. The Hall–Kier alpha value is -0.650. The van der Waals surface area contributed by atoms with E-state index in [0.717, 1.165) is 23.7 Å². The van der Waals surface area contributed by atoms with Crippen molar-refractivity contribution in [1.82, 2.24) is 15.3 Å². The molecule has 0 radical (unpaired) electrons. The summed E-state index contributed by atoms with van der Waals surface area (Å²) in [6.07, 6.45) is 4.48. The third kappa shape index (κ3) is 6.00. The van der Waals surface area contributed by atoms with E-state index in [9.17, 15) is 0 Å². The van der Waals surface area contributed by atoms with E-state index in [0.29, 0.717) is 11.3 Å². The van der Waals surface area contributed by atoms with Crippen LogP contribution in [-0.4, -0.2) is 33.0 Å². The Bertz CT molecular complexity index is 316. The van der Waals surface area contributed by atoms with E-state index in [1.54, 1.807) is 11.8 Å². The van der Waals surface area contributed by atoms with Crippen LogP contribution in [0.1, 0.15) is 32.8 Å². The Morgan fingerprint density at radius 2 is 1.94 bits per heavy atom. The number of rotatable bonds is 7. The van der Waals surface area contributed by atoms with Crippen molar-refractivity contribution in [2.75, 3.05) is 6.61 Å². The molecular formula is C12H21N3OS. The summed E-state index contributed by atoms with van der Waals surface area (Å²) < 4.78 is 0. The summed E-state index contributed by atoms with van der Waals surface area (Å²) in [6, 6.07) is 0.466. The van der Waals surface area contributed by atoms with Gasteiger partial charge in [0.2, 0.25) is 0 Å². The van der Waals surface area contributed by atoms with Gasteiger partial charge >= 0.3 is 0 Å². The highest BCUT2D eigenvalue weighted by atomic mass is 32.2. The molecule has 96 valence electrons. The molecule has 4 nitrogen and oxygen atoms in total. The smallest absolute Gasteiger partial charge is 0.187 e. The lowest BCUT2D eigenvalue weighted by Crippen LogP contribution is -2.22. The molecule has 1 aromatic heterocycles. The SMILES string of the molecule is CC(C)NCc1cnc(SC(C)CCO)nc1. The van der Waals surface area contributed by atoms with E-state index in [4.69, 9.17) is 5.11 Å². The van der Waals surface area contributed by atoms with Crippen LogP contribution in [0, 0.1) is 0 Å². The van der Waals surface area contributed by atoms with Gasteiger partial charge in [-0.1, -0.05) is 32.5 Å². The number of hydrogen-bond acceptors (Lipinski definition) is 5. The van der Waals surface area contributed by atoms with Crippen molar-refractivity contribution in [3.05, 3.63) is 18.0 Å². The molecule has 0 spiro atoms. The molecule has 1 heterocycles. The van der Waals surface area contributed by atoms with E-state index in [-0.39, 0.29) is 6.61 Å². The second-order valence-corrected chi connectivity index (χ2v) is 5.76. The van der Waals surface area contributed by atoms with E-state index in [2.05, 4.69) is 36.1 Å². The van der Waals surface area contributed by atoms with Crippen LogP contribution in [0.3, 0.4) is 0 Å².